The Morgan fingerprint density at radius 3 is 2.62 bits per heavy atom. The van der Waals surface area contributed by atoms with Gasteiger partial charge in [0.25, 0.3) is 6.43 Å². The summed E-state index contributed by atoms with van der Waals surface area (Å²) in [5, 5.41) is 13.8. The van der Waals surface area contributed by atoms with Crippen LogP contribution in [0.15, 0.2) is 0 Å². The maximum atomic E-state index is 11.8. The molecular formula is C7H12F2N2O2. The van der Waals surface area contributed by atoms with Crippen LogP contribution in [0.1, 0.15) is 0 Å². The minimum atomic E-state index is -2.81. The molecule has 0 spiro atoms. The lowest BCUT2D eigenvalue weighted by atomic mass is 10.0. The van der Waals surface area contributed by atoms with E-state index in [2.05, 4.69) is 10.6 Å². The molecule has 0 bridgehead atoms. The van der Waals surface area contributed by atoms with Crippen LogP contribution in [-0.4, -0.2) is 43.2 Å². The molecule has 1 atom stereocenters. The minimum Gasteiger partial charge on any atom is -0.385 e. The van der Waals surface area contributed by atoms with Gasteiger partial charge in [0.2, 0.25) is 5.91 Å². The van der Waals surface area contributed by atoms with Gasteiger partial charge in [-0.15, -0.1) is 0 Å². The van der Waals surface area contributed by atoms with Crippen molar-refractivity contribution in [3.63, 3.8) is 0 Å². The van der Waals surface area contributed by atoms with Gasteiger partial charge in [-0.2, -0.15) is 0 Å². The van der Waals surface area contributed by atoms with Crippen LogP contribution >= 0.6 is 0 Å². The molecule has 0 saturated carbocycles. The van der Waals surface area contributed by atoms with Crippen molar-refractivity contribution >= 4 is 5.91 Å². The second kappa shape index (κ2) is 4.48. The average Bonchev–Trinajstić information content (AvgIpc) is 1.96. The number of carbonyl (C=O) groups excluding carboxylic acids is 1. The second-order valence-electron chi connectivity index (χ2n) is 3.00. The highest BCUT2D eigenvalue weighted by molar-refractivity contribution is 5.79. The van der Waals surface area contributed by atoms with E-state index in [-0.39, 0.29) is 18.4 Å². The largest absolute Gasteiger partial charge is 0.385 e. The van der Waals surface area contributed by atoms with Crippen molar-refractivity contribution in [3.05, 3.63) is 0 Å². The van der Waals surface area contributed by atoms with E-state index >= 15 is 0 Å². The molecule has 0 aromatic carbocycles. The van der Waals surface area contributed by atoms with Gasteiger partial charge in [-0.1, -0.05) is 0 Å². The zero-order valence-electron chi connectivity index (χ0n) is 6.96. The van der Waals surface area contributed by atoms with Crippen molar-refractivity contribution in [1.82, 2.24) is 10.6 Å². The van der Waals surface area contributed by atoms with E-state index in [0.29, 0.717) is 13.1 Å². The Kier molecular flexibility index (Phi) is 3.56. The maximum absolute atomic E-state index is 11.8. The van der Waals surface area contributed by atoms with Crippen LogP contribution in [0.2, 0.25) is 0 Å². The van der Waals surface area contributed by atoms with Gasteiger partial charge in [0.05, 0.1) is 5.92 Å². The molecular weight excluding hydrogens is 182 g/mol. The Morgan fingerprint density at radius 2 is 2.23 bits per heavy atom. The molecule has 1 unspecified atom stereocenters. The van der Waals surface area contributed by atoms with Crippen LogP contribution in [0.3, 0.4) is 0 Å². The third-order valence-corrected chi connectivity index (χ3v) is 1.93. The van der Waals surface area contributed by atoms with Gasteiger partial charge in [-0.25, -0.2) is 8.78 Å². The van der Waals surface area contributed by atoms with Gasteiger partial charge in [0.15, 0.2) is 0 Å². The molecule has 1 heterocycles. The van der Waals surface area contributed by atoms with Gasteiger partial charge in [0.1, 0.15) is 6.10 Å². The lowest BCUT2D eigenvalue weighted by Gasteiger charge is -2.26. The number of rotatable bonds is 4. The fraction of sp³-hybridized carbons (Fsp3) is 0.857. The van der Waals surface area contributed by atoms with Crippen LogP contribution in [0.5, 0.6) is 0 Å². The van der Waals surface area contributed by atoms with Gasteiger partial charge in [0, 0.05) is 19.6 Å². The molecule has 1 amide bonds. The number of alkyl halides is 2. The SMILES string of the molecule is O=C(NCC(O)C(F)F)C1CNC1. The van der Waals surface area contributed by atoms with Crippen molar-refractivity contribution in [2.24, 2.45) is 5.92 Å². The highest BCUT2D eigenvalue weighted by atomic mass is 19.3. The molecule has 1 rings (SSSR count). The summed E-state index contributed by atoms with van der Waals surface area (Å²) in [4.78, 5) is 11.0. The number of nitrogens with one attached hydrogen (secondary N) is 2. The van der Waals surface area contributed by atoms with Gasteiger partial charge >= 0.3 is 0 Å². The second-order valence-corrected chi connectivity index (χ2v) is 3.00. The van der Waals surface area contributed by atoms with E-state index in [4.69, 9.17) is 5.11 Å². The standard InChI is InChI=1S/C7H12F2N2O2/c8-6(9)5(12)3-11-7(13)4-1-10-2-4/h4-6,10,12H,1-3H2,(H,11,13). The summed E-state index contributed by atoms with van der Waals surface area (Å²) in [5.41, 5.74) is 0. The third-order valence-electron chi connectivity index (χ3n) is 1.93. The smallest absolute Gasteiger partial charge is 0.265 e. The number of amides is 1. The molecule has 1 fully saturated rings. The van der Waals surface area contributed by atoms with Crippen LogP contribution in [0.4, 0.5) is 8.78 Å². The Labute approximate surface area is 74.3 Å². The molecule has 6 heteroatoms. The third kappa shape index (κ3) is 2.89. The van der Waals surface area contributed by atoms with E-state index in [1.165, 1.54) is 0 Å². The molecule has 1 saturated heterocycles. The van der Waals surface area contributed by atoms with Gasteiger partial charge in [-0.3, -0.25) is 4.79 Å². The highest BCUT2D eigenvalue weighted by Crippen LogP contribution is 2.03. The number of halogens is 2. The summed E-state index contributed by atoms with van der Waals surface area (Å²) in [6.45, 7) is 0.778. The van der Waals surface area contributed by atoms with Crippen molar-refractivity contribution in [3.8, 4) is 0 Å². The molecule has 13 heavy (non-hydrogen) atoms. The number of carbonyl (C=O) groups is 1. The molecule has 0 aromatic rings. The molecule has 4 nitrogen and oxygen atoms in total. The number of aliphatic hydroxyl groups excluding tert-OH is 1. The van der Waals surface area contributed by atoms with Crippen LogP contribution in [-0.2, 0) is 4.79 Å². The molecule has 0 radical (unpaired) electrons. The van der Waals surface area contributed by atoms with Crippen molar-refractivity contribution in [2.45, 2.75) is 12.5 Å². The first-order chi connectivity index (χ1) is 6.11. The first kappa shape index (κ1) is 10.3. The molecule has 3 N–H and O–H groups in total. The van der Waals surface area contributed by atoms with Gasteiger partial charge < -0.3 is 15.7 Å². The lowest BCUT2D eigenvalue weighted by Crippen LogP contribution is -2.52. The normalized spacial score (nSPS) is 19.7. The summed E-state index contributed by atoms with van der Waals surface area (Å²) in [5.74, 6) is -0.414. The molecule has 1 aliphatic rings. The van der Waals surface area contributed by atoms with E-state index in [0.717, 1.165) is 0 Å². The zero-order valence-corrected chi connectivity index (χ0v) is 6.96. The summed E-state index contributed by atoms with van der Waals surface area (Å²) < 4.78 is 23.5. The fourth-order valence-corrected chi connectivity index (χ4v) is 0.913. The van der Waals surface area contributed by atoms with Crippen LogP contribution in [0, 0.1) is 5.92 Å². The lowest BCUT2D eigenvalue weighted by molar-refractivity contribution is -0.127. The summed E-state index contributed by atoms with van der Waals surface area (Å²) in [6.07, 6.45) is -4.57. The molecule has 1 aliphatic heterocycles. The highest BCUT2D eigenvalue weighted by Gasteiger charge is 2.26. The first-order valence-electron chi connectivity index (χ1n) is 4.06. The van der Waals surface area contributed by atoms with E-state index in [1.807, 2.05) is 0 Å². The number of hydrogen-bond donors (Lipinski definition) is 3. The first-order valence-corrected chi connectivity index (χ1v) is 4.06. The van der Waals surface area contributed by atoms with Crippen molar-refractivity contribution in [1.29, 1.82) is 0 Å². The summed E-state index contributed by atoms with van der Waals surface area (Å²) in [6, 6.07) is 0. The zero-order chi connectivity index (χ0) is 9.84. The molecule has 0 aliphatic carbocycles. The predicted molar refractivity (Wildman–Crippen MR) is 41.4 cm³/mol. The Balaban J connectivity index is 2.14. The van der Waals surface area contributed by atoms with Crippen LogP contribution < -0.4 is 10.6 Å². The monoisotopic (exact) mass is 194 g/mol. The Morgan fingerprint density at radius 1 is 1.62 bits per heavy atom. The van der Waals surface area contributed by atoms with E-state index in [9.17, 15) is 13.6 Å². The average molecular weight is 194 g/mol. The summed E-state index contributed by atoms with van der Waals surface area (Å²) in [7, 11) is 0. The molecule has 0 aromatic heterocycles. The summed E-state index contributed by atoms with van der Waals surface area (Å²) >= 11 is 0. The predicted octanol–water partition coefficient (Wildman–Crippen LogP) is -1.05. The topological polar surface area (TPSA) is 61.4 Å². The number of hydrogen-bond acceptors (Lipinski definition) is 3. The minimum absolute atomic E-state index is 0.134. The number of aliphatic hydroxyl groups is 1. The van der Waals surface area contributed by atoms with E-state index in [1.54, 1.807) is 0 Å². The Bertz CT molecular complexity index is 185. The fourth-order valence-electron chi connectivity index (χ4n) is 0.913. The van der Waals surface area contributed by atoms with Crippen molar-refractivity contribution < 1.29 is 18.7 Å². The maximum Gasteiger partial charge on any atom is 0.265 e. The van der Waals surface area contributed by atoms with Gasteiger partial charge in [-0.05, 0) is 0 Å². The quantitative estimate of drug-likeness (QED) is 0.535. The van der Waals surface area contributed by atoms with Crippen LogP contribution in [0.25, 0.3) is 0 Å². The Hall–Kier alpha value is -0.750. The van der Waals surface area contributed by atoms with E-state index < -0.39 is 12.5 Å². The van der Waals surface area contributed by atoms with Crippen molar-refractivity contribution in [2.75, 3.05) is 19.6 Å². The molecule has 76 valence electrons.